The molecule has 2 heterocycles. The van der Waals surface area contributed by atoms with Gasteiger partial charge in [-0.1, -0.05) is 38.1 Å². The van der Waals surface area contributed by atoms with Crippen molar-refractivity contribution in [3.8, 4) is 11.5 Å². The molecule has 0 aromatic heterocycles. The van der Waals surface area contributed by atoms with Gasteiger partial charge in [0.2, 0.25) is 0 Å². The summed E-state index contributed by atoms with van der Waals surface area (Å²) in [7, 11) is 0. The van der Waals surface area contributed by atoms with Crippen LogP contribution in [0.5, 0.6) is 11.5 Å². The molecule has 8 heteroatoms. The highest BCUT2D eigenvalue weighted by molar-refractivity contribution is 5.90. The van der Waals surface area contributed by atoms with Crippen molar-refractivity contribution in [3.63, 3.8) is 0 Å². The molecule has 2 aliphatic heterocycles. The highest BCUT2D eigenvalue weighted by Gasteiger charge is 2.47. The van der Waals surface area contributed by atoms with Gasteiger partial charge in [0.15, 0.2) is 0 Å². The minimum absolute atomic E-state index is 0.0540. The Morgan fingerprint density at radius 2 is 1.49 bits per heavy atom. The van der Waals surface area contributed by atoms with Crippen LogP contribution in [0.15, 0.2) is 71.8 Å². The van der Waals surface area contributed by atoms with Gasteiger partial charge in [0.05, 0.1) is 19.8 Å². The van der Waals surface area contributed by atoms with Crippen LogP contribution in [-0.4, -0.2) is 59.8 Å². The number of hydrogen-bond donors (Lipinski definition) is 2. The Kier molecular flexibility index (Phi) is 7.54. The Morgan fingerprint density at radius 3 is 2.00 bits per heavy atom. The van der Waals surface area contributed by atoms with Gasteiger partial charge in [-0.05, 0) is 61.4 Å². The van der Waals surface area contributed by atoms with Crippen molar-refractivity contribution in [2.24, 2.45) is 0 Å². The smallest absolute Gasteiger partial charge is 0.338 e. The first kappa shape index (κ1) is 26.6. The molecule has 2 aliphatic rings. The third kappa shape index (κ3) is 6.46. The molecule has 0 amide bonds. The molecule has 2 N–H and O–H groups in total. The second kappa shape index (κ2) is 10.5. The number of benzene rings is 2. The molecule has 2 aromatic carbocycles. The van der Waals surface area contributed by atoms with Gasteiger partial charge in [0.1, 0.15) is 29.3 Å². The largest absolute Gasteiger partial charge is 0.508 e. The van der Waals surface area contributed by atoms with E-state index in [9.17, 15) is 19.8 Å². The number of hydrogen-bond acceptors (Lipinski definition) is 7. The summed E-state index contributed by atoms with van der Waals surface area (Å²) < 4.78 is 22.4. The number of carboxylic acids is 1. The zero-order valence-corrected chi connectivity index (χ0v) is 21.4. The molecular weight excluding hydrogens is 476 g/mol. The first-order valence-corrected chi connectivity index (χ1v) is 12.1. The number of phenolic OH excluding ortho intramolecular Hbond substituents is 1. The standard InChI is InChI=1S/C29H32O8/c1-18(26(31)32)13-29(25-17-35-25,36-16-24-15-34-24)14-19(2)27(33)37-23-11-7-21(8-12-23)28(3,4)20-5-9-22(30)10-6-20/h5-14,24-25,30H,15-17H2,1-4H3,(H,31,32). The molecule has 0 bridgehead atoms. The molecular formula is C29H32O8. The molecule has 3 unspecified atom stereocenters. The van der Waals surface area contributed by atoms with Crippen LogP contribution in [0.3, 0.4) is 0 Å². The van der Waals surface area contributed by atoms with E-state index in [1.807, 2.05) is 24.3 Å². The second-order valence-corrected chi connectivity index (χ2v) is 9.99. The molecule has 37 heavy (non-hydrogen) atoms. The van der Waals surface area contributed by atoms with E-state index >= 15 is 0 Å². The van der Waals surface area contributed by atoms with Crippen LogP contribution in [-0.2, 0) is 29.2 Å². The number of carbonyl (C=O) groups is 2. The number of epoxide rings is 2. The van der Waals surface area contributed by atoms with Gasteiger partial charge in [0, 0.05) is 16.6 Å². The maximum Gasteiger partial charge on any atom is 0.338 e. The summed E-state index contributed by atoms with van der Waals surface area (Å²) in [5, 5.41) is 19.0. The van der Waals surface area contributed by atoms with Gasteiger partial charge in [0.25, 0.3) is 0 Å². The van der Waals surface area contributed by atoms with Crippen LogP contribution in [0.2, 0.25) is 0 Å². The molecule has 2 saturated heterocycles. The SMILES string of the molecule is CC(=CC(C=C(C)C(=O)Oc1ccc(C(C)(C)c2ccc(O)cc2)cc1)(OCC1CO1)C1CO1)C(=O)O. The molecule has 3 atom stereocenters. The predicted molar refractivity (Wildman–Crippen MR) is 136 cm³/mol. The van der Waals surface area contributed by atoms with E-state index in [0.29, 0.717) is 19.0 Å². The van der Waals surface area contributed by atoms with Crippen molar-refractivity contribution in [1.82, 2.24) is 0 Å². The second-order valence-electron chi connectivity index (χ2n) is 9.99. The lowest BCUT2D eigenvalue weighted by Crippen LogP contribution is -2.38. The van der Waals surface area contributed by atoms with Crippen molar-refractivity contribution in [2.75, 3.05) is 19.8 Å². The zero-order chi connectivity index (χ0) is 26.8. The summed E-state index contributed by atoms with van der Waals surface area (Å²) in [5.41, 5.74) is 0.836. The quantitative estimate of drug-likeness (QED) is 0.201. The average molecular weight is 509 g/mol. The fraction of sp³-hybridized carbons (Fsp3) is 0.379. The molecule has 0 aliphatic carbocycles. The number of aliphatic carboxylic acids is 1. The van der Waals surface area contributed by atoms with Gasteiger partial charge >= 0.3 is 11.9 Å². The molecule has 0 spiro atoms. The Balaban J connectivity index is 1.52. The summed E-state index contributed by atoms with van der Waals surface area (Å²) in [6.45, 7) is 8.43. The normalized spacial score (nSPS) is 21.2. The number of aromatic hydroxyl groups is 1. The van der Waals surface area contributed by atoms with Crippen LogP contribution in [0.1, 0.15) is 38.8 Å². The third-order valence-corrected chi connectivity index (χ3v) is 6.68. The highest BCUT2D eigenvalue weighted by atomic mass is 16.6. The first-order valence-electron chi connectivity index (χ1n) is 12.1. The molecule has 0 radical (unpaired) electrons. The Morgan fingerprint density at radius 1 is 0.946 bits per heavy atom. The number of phenols is 1. The Hall–Kier alpha value is -3.46. The topological polar surface area (TPSA) is 118 Å². The van der Waals surface area contributed by atoms with Gasteiger partial charge in [-0.2, -0.15) is 0 Å². The van der Waals surface area contributed by atoms with E-state index in [2.05, 4.69) is 13.8 Å². The summed E-state index contributed by atoms with van der Waals surface area (Å²) in [6.07, 6.45) is 2.59. The Bertz CT molecular complexity index is 1200. The molecule has 2 aromatic rings. The highest BCUT2D eigenvalue weighted by Crippen LogP contribution is 2.36. The number of carbonyl (C=O) groups excluding carboxylic acids is 1. The van der Waals surface area contributed by atoms with Crippen molar-refractivity contribution in [2.45, 2.75) is 50.9 Å². The van der Waals surface area contributed by atoms with Crippen LogP contribution < -0.4 is 4.74 Å². The van der Waals surface area contributed by atoms with Crippen LogP contribution in [0.4, 0.5) is 0 Å². The Labute approximate surface area is 216 Å². The maximum absolute atomic E-state index is 13.0. The summed E-state index contributed by atoms with van der Waals surface area (Å²) >= 11 is 0. The number of rotatable bonds is 11. The third-order valence-electron chi connectivity index (χ3n) is 6.68. The minimum atomic E-state index is -1.23. The lowest BCUT2D eigenvalue weighted by atomic mass is 9.78. The average Bonchev–Trinajstić information content (AvgIpc) is 3.77. The molecule has 2 fully saturated rings. The molecule has 8 nitrogen and oxygen atoms in total. The van der Waals surface area contributed by atoms with Gasteiger partial charge in [-0.15, -0.1) is 0 Å². The lowest BCUT2D eigenvalue weighted by molar-refractivity contribution is -0.132. The fourth-order valence-corrected chi connectivity index (χ4v) is 4.08. The number of esters is 1. The molecule has 0 saturated carbocycles. The van der Waals surface area contributed by atoms with Crippen molar-refractivity contribution in [1.29, 1.82) is 0 Å². The van der Waals surface area contributed by atoms with Crippen molar-refractivity contribution < 1.29 is 38.7 Å². The summed E-state index contributed by atoms with van der Waals surface area (Å²) in [6, 6.07) is 14.3. The van der Waals surface area contributed by atoms with E-state index in [4.69, 9.17) is 18.9 Å². The van der Waals surface area contributed by atoms with Crippen molar-refractivity contribution >= 4 is 11.9 Å². The molecule has 4 rings (SSSR count). The number of carboxylic acid groups (broad SMARTS) is 1. The number of ether oxygens (including phenoxy) is 4. The summed E-state index contributed by atoms with van der Waals surface area (Å²) in [4.78, 5) is 24.5. The fourth-order valence-electron chi connectivity index (χ4n) is 4.08. The van der Waals surface area contributed by atoms with E-state index in [1.54, 1.807) is 37.3 Å². The molecule has 196 valence electrons. The summed E-state index contributed by atoms with van der Waals surface area (Å²) in [5.74, 6) is -1.08. The van der Waals surface area contributed by atoms with Gasteiger partial charge in [-0.3, -0.25) is 0 Å². The van der Waals surface area contributed by atoms with Crippen LogP contribution >= 0.6 is 0 Å². The van der Waals surface area contributed by atoms with Crippen LogP contribution in [0.25, 0.3) is 0 Å². The van der Waals surface area contributed by atoms with E-state index in [0.717, 1.165) is 11.1 Å². The zero-order valence-electron chi connectivity index (χ0n) is 21.4. The monoisotopic (exact) mass is 508 g/mol. The first-order chi connectivity index (χ1) is 17.5. The van der Waals surface area contributed by atoms with Crippen molar-refractivity contribution in [3.05, 3.63) is 83.0 Å². The van der Waals surface area contributed by atoms with E-state index in [1.165, 1.54) is 13.0 Å². The lowest BCUT2D eigenvalue weighted by Gasteiger charge is -2.27. The van der Waals surface area contributed by atoms with E-state index in [-0.39, 0.29) is 35.0 Å². The van der Waals surface area contributed by atoms with Gasteiger partial charge in [-0.25, -0.2) is 9.59 Å². The maximum atomic E-state index is 13.0. The minimum Gasteiger partial charge on any atom is -0.508 e. The van der Waals surface area contributed by atoms with Crippen LogP contribution in [0, 0.1) is 0 Å². The predicted octanol–water partition coefficient (Wildman–Crippen LogP) is 4.15. The van der Waals surface area contributed by atoms with Gasteiger partial charge < -0.3 is 29.2 Å². The van der Waals surface area contributed by atoms with E-state index < -0.39 is 23.6 Å².